The largest absolute Gasteiger partial charge is 0.505 e. The number of phenols is 1. The molecule has 0 radical (unpaired) electrons. The second-order valence-electron chi connectivity index (χ2n) is 11.0. The predicted octanol–water partition coefficient (Wildman–Crippen LogP) is 5.00. The number of hydrogen-bond acceptors (Lipinski definition) is 5. The van der Waals surface area contributed by atoms with Crippen molar-refractivity contribution < 1.29 is 24.2 Å². The molecule has 0 aliphatic rings. The zero-order valence-corrected chi connectivity index (χ0v) is 21.4. The highest BCUT2D eigenvalue weighted by atomic mass is 16.6. The normalized spacial score (nSPS) is 12.5. The zero-order valence-electron chi connectivity index (χ0n) is 21.4. The Morgan fingerprint density at radius 2 is 1.54 bits per heavy atom. The number of fused-ring (bicyclic) bond motifs is 4. The Morgan fingerprint density at radius 3 is 2.14 bits per heavy atom. The number of phenolic OH excluding ortho intramolecular Hbond substituents is 1. The minimum absolute atomic E-state index is 0.0322. The van der Waals surface area contributed by atoms with Crippen molar-refractivity contribution in [2.45, 2.75) is 59.3 Å². The maximum Gasteiger partial charge on any atom is 0.338 e. The predicted molar refractivity (Wildman–Crippen MR) is 134 cm³/mol. The van der Waals surface area contributed by atoms with Crippen LogP contribution in [-0.2, 0) is 25.1 Å². The Morgan fingerprint density at radius 1 is 0.914 bits per heavy atom. The van der Waals surface area contributed by atoms with Gasteiger partial charge in [0.2, 0.25) is 0 Å². The third-order valence-corrected chi connectivity index (χ3v) is 6.03. The lowest BCUT2D eigenvalue weighted by Crippen LogP contribution is -2.17. The molecule has 8 heteroatoms. The van der Waals surface area contributed by atoms with Crippen LogP contribution in [0, 0.1) is 0 Å². The quantitative estimate of drug-likeness (QED) is 0.239. The topological polar surface area (TPSA) is 86.6 Å². The van der Waals surface area contributed by atoms with Crippen molar-refractivity contribution in [3.63, 3.8) is 0 Å². The van der Waals surface area contributed by atoms with E-state index in [2.05, 4.69) is 54.2 Å². The summed E-state index contributed by atoms with van der Waals surface area (Å²) in [6, 6.07) is 9.40. The number of benzene rings is 2. The van der Waals surface area contributed by atoms with Gasteiger partial charge in [-0.1, -0.05) is 54.2 Å². The molecule has 0 unspecified atom stereocenters. The number of rotatable bonds is 6. The molecule has 35 heavy (non-hydrogen) atoms. The van der Waals surface area contributed by atoms with Gasteiger partial charge in [-0.05, 0) is 47.6 Å². The molecule has 0 aliphatic carbocycles. The van der Waals surface area contributed by atoms with E-state index in [0.29, 0.717) is 16.8 Å². The van der Waals surface area contributed by atoms with Crippen LogP contribution in [0.1, 0.15) is 70.0 Å². The first-order valence-electron chi connectivity index (χ1n) is 11.6. The van der Waals surface area contributed by atoms with Crippen molar-refractivity contribution in [2.75, 3.05) is 13.2 Å². The number of esters is 2. The van der Waals surface area contributed by atoms with Crippen LogP contribution < -0.4 is 0 Å². The highest BCUT2D eigenvalue weighted by molar-refractivity contribution is 5.94. The van der Waals surface area contributed by atoms with E-state index in [0.717, 1.165) is 22.2 Å². The molecular weight excluding hydrogens is 446 g/mol. The molecule has 2 aromatic heterocycles. The first-order valence-corrected chi connectivity index (χ1v) is 11.6. The lowest BCUT2D eigenvalue weighted by Gasteiger charge is -2.26. The van der Waals surface area contributed by atoms with Gasteiger partial charge in [0.1, 0.15) is 35.7 Å². The van der Waals surface area contributed by atoms with Gasteiger partial charge in [-0.25, -0.2) is 9.59 Å². The van der Waals surface area contributed by atoms with Gasteiger partial charge in [0, 0.05) is 11.1 Å². The maximum absolute atomic E-state index is 12.5. The van der Waals surface area contributed by atoms with Crippen molar-refractivity contribution in [2.24, 2.45) is 0 Å². The van der Waals surface area contributed by atoms with E-state index in [1.807, 2.05) is 26.2 Å². The van der Waals surface area contributed by atoms with Crippen LogP contribution in [0.4, 0.5) is 0 Å². The summed E-state index contributed by atoms with van der Waals surface area (Å²) in [6.45, 7) is 17.7. The fourth-order valence-electron chi connectivity index (χ4n) is 3.93. The molecule has 0 spiro atoms. The molecular formula is C27H33N3O5. The smallest absolute Gasteiger partial charge is 0.338 e. The van der Waals surface area contributed by atoms with Crippen LogP contribution >= 0.6 is 0 Å². The Labute approximate surface area is 204 Å². The van der Waals surface area contributed by atoms with Gasteiger partial charge in [0.05, 0.1) is 5.56 Å². The van der Waals surface area contributed by atoms with Gasteiger partial charge in [-0.3, -0.25) is 0 Å². The first-order chi connectivity index (χ1) is 16.2. The lowest BCUT2D eigenvalue weighted by molar-refractivity contribution is -0.140. The van der Waals surface area contributed by atoms with E-state index in [9.17, 15) is 14.7 Å². The minimum Gasteiger partial charge on any atom is -0.505 e. The van der Waals surface area contributed by atoms with Gasteiger partial charge in [-0.2, -0.15) is 0 Å². The van der Waals surface area contributed by atoms with Crippen LogP contribution in [0.15, 0.2) is 42.5 Å². The third-order valence-electron chi connectivity index (χ3n) is 6.03. The van der Waals surface area contributed by atoms with Crippen LogP contribution in [-0.4, -0.2) is 44.3 Å². The van der Waals surface area contributed by atoms with Gasteiger partial charge in [-0.15, -0.1) is 14.1 Å². The van der Waals surface area contributed by atoms with Crippen LogP contribution in [0.3, 0.4) is 0 Å². The molecule has 0 saturated carbocycles. The summed E-state index contributed by atoms with van der Waals surface area (Å²) < 4.78 is 14.0. The van der Waals surface area contributed by atoms with Crippen LogP contribution in [0.25, 0.3) is 16.7 Å². The molecule has 2 heterocycles. The van der Waals surface area contributed by atoms with E-state index in [1.165, 1.54) is 0 Å². The number of carbonyl (C=O) groups excluding carboxylic acids is 2. The third kappa shape index (κ3) is 4.40. The van der Waals surface area contributed by atoms with Gasteiger partial charge < -0.3 is 14.6 Å². The molecule has 2 aromatic carbocycles. The number of aromatic hydroxyl groups is 1. The summed E-state index contributed by atoms with van der Waals surface area (Å²) in [4.78, 5) is 25.8. The molecule has 0 aliphatic heterocycles. The van der Waals surface area contributed by atoms with Gasteiger partial charge in [0.25, 0.3) is 0 Å². The monoisotopic (exact) mass is 479 g/mol. The van der Waals surface area contributed by atoms with E-state index in [1.54, 1.807) is 19.1 Å². The maximum atomic E-state index is 12.5. The first kappa shape index (κ1) is 24.4. The lowest BCUT2D eigenvalue weighted by atomic mass is 9.80. The average molecular weight is 480 g/mol. The van der Waals surface area contributed by atoms with E-state index in [4.69, 9.17) is 9.47 Å². The molecule has 8 nitrogen and oxygen atoms in total. The Kier molecular flexibility index (Phi) is 5.74. The van der Waals surface area contributed by atoms with E-state index < -0.39 is 11.9 Å². The summed E-state index contributed by atoms with van der Waals surface area (Å²) >= 11 is 0. The van der Waals surface area contributed by atoms with Crippen molar-refractivity contribution in [3.05, 3.63) is 59.2 Å². The molecule has 1 N–H and O–H groups in total. The Bertz CT molecular complexity index is 1440. The van der Waals surface area contributed by atoms with Crippen molar-refractivity contribution in [3.8, 4) is 11.4 Å². The highest BCUT2D eigenvalue weighted by Gasteiger charge is 2.31. The summed E-state index contributed by atoms with van der Waals surface area (Å²) in [5, 5.41) is 11.2. The van der Waals surface area contributed by atoms with E-state index in [-0.39, 0.29) is 29.8 Å². The fraction of sp³-hybridized carbons (Fsp3) is 0.407. The molecule has 0 fully saturated rings. The second kappa shape index (κ2) is 8.22. The van der Waals surface area contributed by atoms with Gasteiger partial charge in [0.15, 0.2) is 0 Å². The number of nitrogens with zero attached hydrogens (tertiary/aromatic N) is 3. The van der Waals surface area contributed by atoms with Crippen molar-refractivity contribution in [1.29, 1.82) is 0 Å². The van der Waals surface area contributed by atoms with Crippen LogP contribution in [0.2, 0.25) is 0 Å². The summed E-state index contributed by atoms with van der Waals surface area (Å²) in [6.07, 6.45) is 0. The molecule has 186 valence electrons. The molecule has 0 bridgehead atoms. The highest BCUT2D eigenvalue weighted by Crippen LogP contribution is 2.41. The number of aromatic nitrogens is 3. The zero-order chi connectivity index (χ0) is 25.9. The number of carbonyl (C=O) groups is 2. The molecule has 0 amide bonds. The Balaban J connectivity index is 1.61. The fourth-order valence-corrected chi connectivity index (χ4v) is 3.93. The summed E-state index contributed by atoms with van der Waals surface area (Å²) in [5.74, 6) is -0.773. The number of hydrogen-bond donors (Lipinski definition) is 1. The second-order valence-corrected chi connectivity index (χ2v) is 11.0. The van der Waals surface area contributed by atoms with E-state index >= 15 is 0 Å². The van der Waals surface area contributed by atoms with Crippen LogP contribution in [0.5, 0.6) is 5.75 Å². The minimum atomic E-state index is -0.516. The Hall–Kier alpha value is -3.68. The SMILES string of the molecule is C=C(C)C(=O)OCCOC(=O)c1ccc2c(c1)n1n(-c3cc(C(C)(C)C)cc(C(C)(C)C)c3O)n21. The average Bonchev–Trinajstić information content (AvgIpc) is 3.41. The summed E-state index contributed by atoms with van der Waals surface area (Å²) in [7, 11) is 0. The molecule has 0 atom stereocenters. The molecule has 4 aromatic rings. The molecule has 0 saturated heterocycles. The van der Waals surface area contributed by atoms with Crippen molar-refractivity contribution in [1.82, 2.24) is 14.1 Å². The number of ether oxygens (including phenoxy) is 2. The summed E-state index contributed by atoms with van der Waals surface area (Å²) in [5.41, 5.74) is 4.83. The van der Waals surface area contributed by atoms with Gasteiger partial charge >= 0.3 is 11.9 Å². The molecule has 4 rings (SSSR count). The van der Waals surface area contributed by atoms with Crippen molar-refractivity contribution >= 4 is 23.0 Å². The standard InChI is InChI=1S/C27H33N3O5/c1-16(2)24(32)34-11-12-35-25(33)17-9-10-20-21(13-17)29-28(20)30(29)22-15-18(26(3,4)5)14-19(23(22)31)27(6,7)8/h9-10,13-15,31H,1,11-12H2,2-8H3.